The number of carbonyl (C=O) groups excluding carboxylic acids is 1. The first-order valence-electron chi connectivity index (χ1n) is 6.03. The van der Waals surface area contributed by atoms with E-state index < -0.39 is 0 Å². The van der Waals surface area contributed by atoms with Crippen molar-refractivity contribution < 1.29 is 9.90 Å². The summed E-state index contributed by atoms with van der Waals surface area (Å²) in [5.74, 6) is -0.403. The van der Waals surface area contributed by atoms with Gasteiger partial charge in [0, 0.05) is 12.1 Å². The van der Waals surface area contributed by atoms with Crippen molar-refractivity contribution in [2.75, 3.05) is 5.32 Å². The number of carbonyl (C=O) groups is 1. The molecule has 0 aromatic heterocycles. The Balaban J connectivity index is 2.09. The molecular formula is C15H14N2O2S. The number of rotatable bonds is 4. The number of benzene rings is 2. The number of anilines is 1. The third-order valence-electron chi connectivity index (χ3n) is 2.74. The number of phenols is 1. The highest BCUT2D eigenvalue weighted by Gasteiger charge is 2.10. The van der Waals surface area contributed by atoms with E-state index >= 15 is 0 Å². The quantitative estimate of drug-likeness (QED) is 0.755. The highest BCUT2D eigenvalue weighted by molar-refractivity contribution is 7.80. The number of thiocarbonyl (C=S) groups is 1. The average Bonchev–Trinajstić information content (AvgIpc) is 2.41. The molecule has 0 saturated carbocycles. The van der Waals surface area contributed by atoms with E-state index in [1.54, 1.807) is 30.3 Å². The van der Waals surface area contributed by atoms with Crippen molar-refractivity contribution in [3.8, 4) is 5.75 Å². The Morgan fingerprint density at radius 1 is 1.15 bits per heavy atom. The van der Waals surface area contributed by atoms with Gasteiger partial charge in [0.15, 0.2) is 0 Å². The van der Waals surface area contributed by atoms with Crippen LogP contribution in [-0.4, -0.2) is 16.0 Å². The first-order chi connectivity index (χ1) is 9.56. The third kappa shape index (κ3) is 3.55. The second-order valence-electron chi connectivity index (χ2n) is 4.31. The Labute approximate surface area is 122 Å². The molecule has 0 unspecified atom stereocenters. The standard InChI is InChI=1S/C15H14N2O2S/c16-14(20)9-10-5-7-11(8-6-10)17-15(19)12-3-1-2-4-13(12)18/h1-8,18H,9H2,(H2,16,20)(H,17,19). The summed E-state index contributed by atoms with van der Waals surface area (Å²) in [4.78, 5) is 12.4. The van der Waals surface area contributed by atoms with E-state index in [1.807, 2.05) is 12.1 Å². The first kappa shape index (κ1) is 14.0. The van der Waals surface area contributed by atoms with E-state index in [0.717, 1.165) is 5.56 Å². The van der Waals surface area contributed by atoms with E-state index in [0.29, 0.717) is 17.1 Å². The highest BCUT2D eigenvalue weighted by atomic mass is 32.1. The SMILES string of the molecule is NC(=S)Cc1ccc(NC(=O)c2ccccc2O)cc1. The number of nitrogens with two attached hydrogens (primary N) is 1. The molecule has 0 aliphatic heterocycles. The average molecular weight is 286 g/mol. The first-order valence-corrected chi connectivity index (χ1v) is 6.43. The lowest BCUT2D eigenvalue weighted by Crippen LogP contribution is -2.13. The lowest BCUT2D eigenvalue weighted by molar-refractivity contribution is 0.102. The fourth-order valence-electron chi connectivity index (χ4n) is 1.77. The van der Waals surface area contributed by atoms with Gasteiger partial charge in [0.05, 0.1) is 10.6 Å². The van der Waals surface area contributed by atoms with Gasteiger partial charge in [0.25, 0.3) is 5.91 Å². The molecule has 102 valence electrons. The van der Waals surface area contributed by atoms with Crippen LogP contribution in [0.5, 0.6) is 5.75 Å². The van der Waals surface area contributed by atoms with Gasteiger partial charge in [0.2, 0.25) is 0 Å². The van der Waals surface area contributed by atoms with Crippen molar-refractivity contribution in [1.29, 1.82) is 0 Å². The van der Waals surface area contributed by atoms with Crippen LogP contribution in [-0.2, 0) is 6.42 Å². The largest absolute Gasteiger partial charge is 0.507 e. The van der Waals surface area contributed by atoms with E-state index in [-0.39, 0.29) is 17.2 Å². The zero-order valence-corrected chi connectivity index (χ0v) is 11.5. The number of nitrogens with one attached hydrogen (secondary N) is 1. The topological polar surface area (TPSA) is 75.3 Å². The molecule has 0 spiro atoms. The van der Waals surface area contributed by atoms with Crippen molar-refractivity contribution in [1.82, 2.24) is 0 Å². The van der Waals surface area contributed by atoms with E-state index in [1.165, 1.54) is 6.07 Å². The molecule has 0 fully saturated rings. The number of hydrogen-bond acceptors (Lipinski definition) is 3. The Morgan fingerprint density at radius 3 is 2.40 bits per heavy atom. The maximum atomic E-state index is 12.0. The molecule has 2 rings (SSSR count). The van der Waals surface area contributed by atoms with Gasteiger partial charge in [-0.25, -0.2) is 0 Å². The molecule has 20 heavy (non-hydrogen) atoms. The van der Waals surface area contributed by atoms with Crippen molar-refractivity contribution in [2.24, 2.45) is 5.73 Å². The van der Waals surface area contributed by atoms with Crippen molar-refractivity contribution >= 4 is 28.8 Å². The molecule has 5 heteroatoms. The van der Waals surface area contributed by atoms with Crippen LogP contribution < -0.4 is 11.1 Å². The normalized spacial score (nSPS) is 10.0. The summed E-state index contributed by atoms with van der Waals surface area (Å²) in [7, 11) is 0. The van der Waals surface area contributed by atoms with E-state index in [4.69, 9.17) is 18.0 Å². The maximum absolute atomic E-state index is 12.0. The van der Waals surface area contributed by atoms with Crippen molar-refractivity contribution in [3.05, 3.63) is 59.7 Å². The molecule has 0 radical (unpaired) electrons. The maximum Gasteiger partial charge on any atom is 0.259 e. The number of amides is 1. The van der Waals surface area contributed by atoms with E-state index in [2.05, 4.69) is 5.32 Å². The van der Waals surface area contributed by atoms with Gasteiger partial charge < -0.3 is 16.2 Å². The van der Waals surface area contributed by atoms with Crippen LogP contribution in [0, 0.1) is 0 Å². The van der Waals surface area contributed by atoms with Crippen LogP contribution in [0.4, 0.5) is 5.69 Å². The van der Waals surface area contributed by atoms with Gasteiger partial charge in [-0.05, 0) is 29.8 Å². The summed E-state index contributed by atoms with van der Waals surface area (Å²) < 4.78 is 0. The summed E-state index contributed by atoms with van der Waals surface area (Å²) in [5.41, 5.74) is 7.33. The Morgan fingerprint density at radius 2 is 1.80 bits per heavy atom. The van der Waals surface area contributed by atoms with Gasteiger partial charge in [-0.1, -0.05) is 36.5 Å². The summed E-state index contributed by atoms with van der Waals surface area (Å²) in [5, 5.41) is 12.3. The molecule has 4 nitrogen and oxygen atoms in total. The Kier molecular flexibility index (Phi) is 4.32. The van der Waals surface area contributed by atoms with Crippen LogP contribution in [0.1, 0.15) is 15.9 Å². The molecule has 0 atom stereocenters. The van der Waals surface area contributed by atoms with Crippen LogP contribution in [0.25, 0.3) is 0 Å². The van der Waals surface area contributed by atoms with Gasteiger partial charge >= 0.3 is 0 Å². The molecule has 4 N–H and O–H groups in total. The van der Waals surface area contributed by atoms with Crippen LogP contribution in [0.3, 0.4) is 0 Å². The molecule has 0 aliphatic carbocycles. The molecule has 0 bridgehead atoms. The predicted octanol–water partition coefficient (Wildman–Crippen LogP) is 2.47. The summed E-state index contributed by atoms with van der Waals surface area (Å²) in [6.45, 7) is 0. The molecule has 0 saturated heterocycles. The van der Waals surface area contributed by atoms with Gasteiger partial charge in [-0.15, -0.1) is 0 Å². The Bertz CT molecular complexity index is 639. The molecule has 0 aliphatic rings. The zero-order chi connectivity index (χ0) is 14.5. The monoisotopic (exact) mass is 286 g/mol. The number of para-hydroxylation sites is 1. The summed E-state index contributed by atoms with van der Waals surface area (Å²) in [6, 6.07) is 13.6. The summed E-state index contributed by atoms with van der Waals surface area (Å²) in [6.07, 6.45) is 0.531. The minimum absolute atomic E-state index is 0.0462. The molecule has 2 aromatic rings. The molecular weight excluding hydrogens is 272 g/mol. The smallest absolute Gasteiger partial charge is 0.259 e. The van der Waals surface area contributed by atoms with Gasteiger partial charge in [0.1, 0.15) is 5.75 Å². The second-order valence-corrected chi connectivity index (χ2v) is 4.84. The third-order valence-corrected chi connectivity index (χ3v) is 2.88. The molecule has 2 aromatic carbocycles. The second kappa shape index (κ2) is 6.16. The summed E-state index contributed by atoms with van der Waals surface area (Å²) >= 11 is 4.84. The number of hydrogen-bond donors (Lipinski definition) is 3. The van der Waals surface area contributed by atoms with Crippen LogP contribution >= 0.6 is 12.2 Å². The van der Waals surface area contributed by atoms with E-state index in [9.17, 15) is 9.90 Å². The highest BCUT2D eigenvalue weighted by Crippen LogP contribution is 2.18. The van der Waals surface area contributed by atoms with Crippen molar-refractivity contribution in [2.45, 2.75) is 6.42 Å². The van der Waals surface area contributed by atoms with Gasteiger partial charge in [-0.3, -0.25) is 4.79 Å². The van der Waals surface area contributed by atoms with Crippen LogP contribution in [0.15, 0.2) is 48.5 Å². The minimum Gasteiger partial charge on any atom is -0.507 e. The fraction of sp³-hybridized carbons (Fsp3) is 0.0667. The van der Waals surface area contributed by atoms with Crippen LogP contribution in [0.2, 0.25) is 0 Å². The predicted molar refractivity (Wildman–Crippen MR) is 83.0 cm³/mol. The lowest BCUT2D eigenvalue weighted by atomic mass is 10.1. The Hall–Kier alpha value is -2.40. The number of phenolic OH excluding ortho intramolecular Hbond substituents is 1. The minimum atomic E-state index is -0.356. The van der Waals surface area contributed by atoms with Gasteiger partial charge in [-0.2, -0.15) is 0 Å². The number of aromatic hydroxyl groups is 1. The lowest BCUT2D eigenvalue weighted by Gasteiger charge is -2.07. The zero-order valence-electron chi connectivity index (χ0n) is 10.7. The molecule has 0 heterocycles. The fourth-order valence-corrected chi connectivity index (χ4v) is 1.94. The van der Waals surface area contributed by atoms with Crippen molar-refractivity contribution in [3.63, 3.8) is 0 Å². The molecule has 1 amide bonds.